The van der Waals surface area contributed by atoms with Crippen LogP contribution in [0.4, 0.5) is 13.2 Å². The Hall–Kier alpha value is -1.79. The summed E-state index contributed by atoms with van der Waals surface area (Å²) in [6.07, 6.45) is 0. The standard InChI is InChI=1S/C7H9F3O2.C4H6O2/c1-4(6(11)12)5(2)7(9,10)3-8;1-3(2)4(5)6/h3H2,1-2H3,(H,11,12);1H2,2H3,(H,5,6)/b5-4+;. The number of rotatable bonds is 4. The molecule has 0 aliphatic carbocycles. The molecule has 0 saturated carbocycles. The minimum Gasteiger partial charge on any atom is -0.478 e. The van der Waals surface area contributed by atoms with Gasteiger partial charge in [-0.15, -0.1) is 0 Å². The Bertz CT molecular complexity index is 360. The third-order valence-electron chi connectivity index (χ3n) is 1.96. The summed E-state index contributed by atoms with van der Waals surface area (Å²) in [4.78, 5) is 19.8. The van der Waals surface area contributed by atoms with Gasteiger partial charge in [0.25, 0.3) is 5.92 Å². The van der Waals surface area contributed by atoms with Crippen molar-refractivity contribution in [1.29, 1.82) is 0 Å². The lowest BCUT2D eigenvalue weighted by molar-refractivity contribution is -0.133. The lowest BCUT2D eigenvalue weighted by atomic mass is 10.1. The maximum absolute atomic E-state index is 12.5. The van der Waals surface area contributed by atoms with E-state index in [1.165, 1.54) is 6.92 Å². The topological polar surface area (TPSA) is 74.6 Å². The van der Waals surface area contributed by atoms with Crippen molar-refractivity contribution in [3.63, 3.8) is 0 Å². The van der Waals surface area contributed by atoms with E-state index in [0.717, 1.165) is 13.8 Å². The monoisotopic (exact) mass is 268 g/mol. The highest BCUT2D eigenvalue weighted by atomic mass is 19.3. The Morgan fingerprint density at radius 3 is 1.61 bits per heavy atom. The van der Waals surface area contributed by atoms with Crippen molar-refractivity contribution in [1.82, 2.24) is 0 Å². The summed E-state index contributed by atoms with van der Waals surface area (Å²) in [6.45, 7) is 4.65. The zero-order valence-corrected chi connectivity index (χ0v) is 10.3. The molecule has 0 unspecified atom stereocenters. The van der Waals surface area contributed by atoms with Gasteiger partial charge in [-0.05, 0) is 20.8 Å². The van der Waals surface area contributed by atoms with E-state index in [0.29, 0.717) is 0 Å². The van der Waals surface area contributed by atoms with Gasteiger partial charge in [-0.3, -0.25) is 0 Å². The highest BCUT2D eigenvalue weighted by Crippen LogP contribution is 2.26. The first-order valence-corrected chi connectivity index (χ1v) is 4.71. The minimum absolute atomic E-state index is 0.176. The van der Waals surface area contributed by atoms with E-state index < -0.39 is 35.7 Å². The molecule has 4 nitrogen and oxygen atoms in total. The van der Waals surface area contributed by atoms with Gasteiger partial charge in [0.05, 0.1) is 0 Å². The number of hydrogen-bond donors (Lipinski definition) is 2. The first-order chi connectivity index (χ1) is 7.97. The number of allylic oxidation sites excluding steroid dienone is 1. The molecule has 0 aromatic rings. The van der Waals surface area contributed by atoms with Crippen molar-refractivity contribution in [2.45, 2.75) is 26.7 Å². The number of halogens is 3. The van der Waals surface area contributed by atoms with E-state index in [1.807, 2.05) is 0 Å². The Kier molecular flexibility index (Phi) is 7.76. The van der Waals surface area contributed by atoms with Crippen LogP contribution in [-0.2, 0) is 9.59 Å². The van der Waals surface area contributed by atoms with Crippen LogP contribution in [0, 0.1) is 0 Å². The highest BCUT2D eigenvalue weighted by molar-refractivity contribution is 5.87. The second-order valence-electron chi connectivity index (χ2n) is 3.48. The molecule has 0 amide bonds. The summed E-state index contributed by atoms with van der Waals surface area (Å²) in [6, 6.07) is 0. The summed E-state index contributed by atoms with van der Waals surface area (Å²) in [5.74, 6) is -6.06. The molecule has 0 bridgehead atoms. The number of alkyl halides is 3. The molecule has 0 spiro atoms. The summed E-state index contributed by atoms with van der Waals surface area (Å²) < 4.78 is 36.6. The molecule has 0 aliphatic rings. The maximum atomic E-state index is 12.5. The lowest BCUT2D eigenvalue weighted by Crippen LogP contribution is -2.23. The fourth-order valence-electron chi connectivity index (χ4n) is 0.535. The third kappa shape index (κ3) is 6.72. The predicted molar refractivity (Wildman–Crippen MR) is 59.4 cm³/mol. The van der Waals surface area contributed by atoms with Gasteiger partial charge in [0, 0.05) is 16.7 Å². The number of carboxylic acids is 2. The smallest absolute Gasteiger partial charge is 0.331 e. The molecule has 104 valence electrons. The molecular formula is C11H15F3O4. The van der Waals surface area contributed by atoms with Crippen LogP contribution in [0.15, 0.2) is 23.3 Å². The van der Waals surface area contributed by atoms with Crippen molar-refractivity contribution >= 4 is 11.9 Å². The Morgan fingerprint density at radius 2 is 1.44 bits per heavy atom. The number of carboxylic acid groups (broad SMARTS) is 2. The third-order valence-corrected chi connectivity index (χ3v) is 1.96. The van der Waals surface area contributed by atoms with E-state index in [9.17, 15) is 22.8 Å². The van der Waals surface area contributed by atoms with Gasteiger partial charge in [-0.25, -0.2) is 14.0 Å². The zero-order chi connectivity index (χ0) is 15.1. The van der Waals surface area contributed by atoms with E-state index in [4.69, 9.17) is 10.2 Å². The van der Waals surface area contributed by atoms with Gasteiger partial charge in [-0.2, -0.15) is 8.78 Å². The molecule has 7 heteroatoms. The molecule has 0 saturated heterocycles. The Morgan fingerprint density at radius 1 is 1.11 bits per heavy atom. The van der Waals surface area contributed by atoms with Crippen LogP contribution in [0.2, 0.25) is 0 Å². The number of carbonyl (C=O) groups is 2. The van der Waals surface area contributed by atoms with Crippen LogP contribution >= 0.6 is 0 Å². The van der Waals surface area contributed by atoms with E-state index in [2.05, 4.69) is 6.58 Å². The molecule has 0 radical (unpaired) electrons. The summed E-state index contributed by atoms with van der Waals surface area (Å²) in [5, 5.41) is 16.2. The minimum atomic E-state index is -3.66. The average molecular weight is 268 g/mol. The lowest BCUT2D eigenvalue weighted by Gasteiger charge is -2.13. The van der Waals surface area contributed by atoms with Crippen molar-refractivity contribution in [2.75, 3.05) is 6.67 Å². The zero-order valence-electron chi connectivity index (χ0n) is 10.3. The van der Waals surface area contributed by atoms with Gasteiger partial charge in [0.2, 0.25) is 0 Å². The Labute approximate surface area is 102 Å². The van der Waals surface area contributed by atoms with Crippen LogP contribution < -0.4 is 0 Å². The summed E-state index contributed by atoms with van der Waals surface area (Å²) in [5.41, 5.74) is -1.08. The van der Waals surface area contributed by atoms with Gasteiger partial charge in [-0.1, -0.05) is 6.58 Å². The van der Waals surface area contributed by atoms with Gasteiger partial charge in [0.15, 0.2) is 6.67 Å². The molecule has 0 rings (SSSR count). The summed E-state index contributed by atoms with van der Waals surface area (Å²) in [7, 11) is 0. The average Bonchev–Trinajstić information content (AvgIpc) is 2.27. The normalized spacial score (nSPS) is 11.9. The number of hydrogen-bond acceptors (Lipinski definition) is 2. The molecule has 0 aromatic carbocycles. The highest BCUT2D eigenvalue weighted by Gasteiger charge is 2.33. The first-order valence-electron chi connectivity index (χ1n) is 4.71. The quantitative estimate of drug-likeness (QED) is 0.769. The molecular weight excluding hydrogens is 253 g/mol. The second-order valence-corrected chi connectivity index (χ2v) is 3.48. The van der Waals surface area contributed by atoms with E-state index >= 15 is 0 Å². The van der Waals surface area contributed by atoms with E-state index in [-0.39, 0.29) is 5.57 Å². The van der Waals surface area contributed by atoms with Crippen LogP contribution in [-0.4, -0.2) is 34.7 Å². The number of aliphatic carboxylic acids is 2. The first kappa shape index (κ1) is 18.6. The van der Waals surface area contributed by atoms with Crippen molar-refractivity contribution in [2.24, 2.45) is 0 Å². The van der Waals surface area contributed by atoms with Gasteiger partial charge < -0.3 is 10.2 Å². The van der Waals surface area contributed by atoms with Crippen molar-refractivity contribution < 1.29 is 33.0 Å². The van der Waals surface area contributed by atoms with Crippen LogP contribution in [0.3, 0.4) is 0 Å². The molecule has 0 fully saturated rings. The summed E-state index contributed by atoms with van der Waals surface area (Å²) >= 11 is 0. The molecule has 18 heavy (non-hydrogen) atoms. The van der Waals surface area contributed by atoms with E-state index in [1.54, 1.807) is 0 Å². The molecule has 0 heterocycles. The van der Waals surface area contributed by atoms with Crippen LogP contribution in [0.25, 0.3) is 0 Å². The van der Waals surface area contributed by atoms with Crippen LogP contribution in [0.5, 0.6) is 0 Å². The Balaban J connectivity index is 0. The van der Waals surface area contributed by atoms with Gasteiger partial charge >= 0.3 is 11.9 Å². The van der Waals surface area contributed by atoms with Crippen molar-refractivity contribution in [3.05, 3.63) is 23.3 Å². The molecule has 0 aliphatic heterocycles. The second kappa shape index (κ2) is 7.52. The molecule has 0 atom stereocenters. The maximum Gasteiger partial charge on any atom is 0.331 e. The van der Waals surface area contributed by atoms with Crippen LogP contribution in [0.1, 0.15) is 20.8 Å². The molecule has 0 aromatic heterocycles. The predicted octanol–water partition coefficient (Wildman–Crippen LogP) is 2.66. The largest absolute Gasteiger partial charge is 0.478 e. The fraction of sp³-hybridized carbons (Fsp3) is 0.455. The van der Waals surface area contributed by atoms with Crippen molar-refractivity contribution in [3.8, 4) is 0 Å². The fourth-order valence-corrected chi connectivity index (χ4v) is 0.535. The molecule has 2 N–H and O–H groups in total. The van der Waals surface area contributed by atoms with Gasteiger partial charge in [0.1, 0.15) is 0 Å². The SMILES string of the molecule is C/C(C(=O)O)=C(/C)C(F)(F)CF.C=C(C)C(=O)O.